The van der Waals surface area contributed by atoms with Gasteiger partial charge in [0, 0.05) is 12.0 Å². The van der Waals surface area contributed by atoms with Crippen LogP contribution in [-0.4, -0.2) is 14.4 Å². The number of hydrogen-bond donors (Lipinski definition) is 0. The van der Waals surface area contributed by atoms with Crippen molar-refractivity contribution in [3.63, 3.8) is 0 Å². The molecule has 1 nitrogen and oxygen atoms in total. The van der Waals surface area contributed by atoms with Gasteiger partial charge in [0.25, 0.3) is 0 Å². The molecule has 164 valence electrons. The van der Waals surface area contributed by atoms with Crippen LogP contribution in [-0.2, 0) is 4.43 Å². The highest BCUT2D eigenvalue weighted by atomic mass is 28.4. The molecule has 0 aromatic heterocycles. The normalized spacial score (nSPS) is 16.9. The third-order valence-corrected chi connectivity index (χ3v) is 11.2. The molecule has 0 spiro atoms. The molecule has 0 N–H and O–H groups in total. The summed E-state index contributed by atoms with van der Waals surface area (Å²) >= 11 is 0. The lowest BCUT2D eigenvalue weighted by Crippen LogP contribution is -2.43. The van der Waals surface area contributed by atoms with Crippen molar-refractivity contribution in [2.24, 2.45) is 0 Å². The molecule has 2 aromatic rings. The maximum atomic E-state index is 6.63. The largest absolute Gasteiger partial charge is 0.411 e. The van der Waals surface area contributed by atoms with E-state index in [1.54, 1.807) is 5.57 Å². The Morgan fingerprint density at radius 1 is 0.968 bits per heavy atom. The van der Waals surface area contributed by atoms with Crippen molar-refractivity contribution in [1.82, 2.24) is 0 Å². The number of benzene rings is 2. The van der Waals surface area contributed by atoms with E-state index in [1.807, 2.05) is 6.07 Å². The molecule has 2 aromatic carbocycles. The van der Waals surface area contributed by atoms with Gasteiger partial charge in [-0.3, -0.25) is 0 Å². The molecule has 0 bridgehead atoms. The quantitative estimate of drug-likeness (QED) is 0.193. The molecule has 0 saturated heterocycles. The Hall–Kier alpha value is -2.08. The van der Waals surface area contributed by atoms with Gasteiger partial charge >= 0.3 is 0 Å². The van der Waals surface area contributed by atoms with Gasteiger partial charge in [-0.15, -0.1) is 0 Å². The molecule has 0 fully saturated rings. The summed E-state index contributed by atoms with van der Waals surface area (Å²) in [4.78, 5) is 0. The highest BCUT2D eigenvalue weighted by Gasteiger charge is 2.39. The average molecular weight is 431 g/mol. The van der Waals surface area contributed by atoms with Crippen molar-refractivity contribution in [2.45, 2.75) is 83.5 Å². The Balaban J connectivity index is 1.47. The van der Waals surface area contributed by atoms with Gasteiger partial charge in [-0.1, -0.05) is 86.7 Å². The third-order valence-electron chi connectivity index (χ3n) is 6.68. The monoisotopic (exact) mass is 430 g/mol. The fraction of sp³-hybridized carbons (Fsp3) is 0.448. The Kier molecular flexibility index (Phi) is 7.98. The lowest BCUT2D eigenvalue weighted by molar-refractivity contribution is 0.204. The minimum atomic E-state index is -1.70. The lowest BCUT2D eigenvalue weighted by Gasteiger charge is -2.39. The summed E-state index contributed by atoms with van der Waals surface area (Å²) in [6, 6.07) is 19.1. The number of hydrogen-bond acceptors (Lipinski definition) is 1. The van der Waals surface area contributed by atoms with Crippen LogP contribution in [0.15, 0.2) is 66.2 Å². The number of allylic oxidation sites excluding steroid dienone is 1. The zero-order valence-electron chi connectivity index (χ0n) is 20.0. The molecule has 31 heavy (non-hydrogen) atoms. The second-order valence-corrected chi connectivity index (χ2v) is 15.0. The molecule has 2 heteroatoms. The van der Waals surface area contributed by atoms with Gasteiger partial charge in [-0.25, -0.2) is 0 Å². The van der Waals surface area contributed by atoms with Gasteiger partial charge in [0.15, 0.2) is 8.32 Å². The van der Waals surface area contributed by atoms with E-state index >= 15 is 0 Å². The molecule has 0 heterocycles. The van der Waals surface area contributed by atoms with Crippen LogP contribution in [0.25, 0.3) is 11.1 Å². The molecular formula is C29H38OSi. The maximum absolute atomic E-state index is 6.63. The van der Waals surface area contributed by atoms with Crippen LogP contribution < -0.4 is 0 Å². The predicted molar refractivity (Wildman–Crippen MR) is 137 cm³/mol. The topological polar surface area (TPSA) is 9.23 Å². The van der Waals surface area contributed by atoms with Gasteiger partial charge in [0.2, 0.25) is 0 Å². The van der Waals surface area contributed by atoms with Crippen LogP contribution in [0.3, 0.4) is 0 Å². The van der Waals surface area contributed by atoms with Crippen LogP contribution in [0.4, 0.5) is 0 Å². The molecule has 0 amide bonds. The molecule has 1 atom stereocenters. The van der Waals surface area contributed by atoms with E-state index in [4.69, 9.17) is 4.43 Å². The molecule has 0 saturated carbocycles. The molecule has 1 aliphatic rings. The summed E-state index contributed by atoms with van der Waals surface area (Å²) in [5, 5.41) is 0.271. The first kappa shape index (κ1) is 23.6. The van der Waals surface area contributed by atoms with Gasteiger partial charge < -0.3 is 4.43 Å². The molecule has 1 unspecified atom stereocenters. The highest BCUT2D eigenvalue weighted by Crippen LogP contribution is 2.39. The Labute approximate surface area is 191 Å². The first-order valence-electron chi connectivity index (χ1n) is 11.8. The molecule has 1 aliphatic carbocycles. The fourth-order valence-electron chi connectivity index (χ4n) is 3.76. The van der Waals surface area contributed by atoms with E-state index in [0.717, 1.165) is 24.8 Å². The Morgan fingerprint density at radius 2 is 1.65 bits per heavy atom. The van der Waals surface area contributed by atoms with Gasteiger partial charge in [0.05, 0.1) is 6.10 Å². The Bertz CT molecular complexity index is 921. The summed E-state index contributed by atoms with van der Waals surface area (Å²) in [6.07, 6.45) is 9.64. The fourth-order valence-corrected chi connectivity index (χ4v) is 5.06. The first-order chi connectivity index (χ1) is 14.7. The number of rotatable bonds is 6. The van der Waals surface area contributed by atoms with Crippen molar-refractivity contribution in [3.05, 3.63) is 71.8 Å². The minimum Gasteiger partial charge on any atom is -0.411 e. The van der Waals surface area contributed by atoms with Crippen LogP contribution >= 0.6 is 0 Å². The second-order valence-electron chi connectivity index (χ2n) is 10.2. The minimum absolute atomic E-state index is 0.271. The molecular weight excluding hydrogens is 392 g/mol. The average Bonchev–Trinajstić information content (AvgIpc) is 2.74. The number of unbranched alkanes of at least 4 members (excludes halogenated alkanes) is 1. The van der Waals surface area contributed by atoms with Crippen LogP contribution in [0.1, 0.15) is 64.9 Å². The van der Waals surface area contributed by atoms with Gasteiger partial charge in [0.1, 0.15) is 0 Å². The first-order valence-corrected chi connectivity index (χ1v) is 14.7. The lowest BCUT2D eigenvalue weighted by atomic mass is 9.94. The summed E-state index contributed by atoms with van der Waals surface area (Å²) in [5.74, 6) is 6.70. The van der Waals surface area contributed by atoms with Crippen LogP contribution in [0.5, 0.6) is 0 Å². The van der Waals surface area contributed by atoms with E-state index in [1.165, 1.54) is 30.4 Å². The summed E-state index contributed by atoms with van der Waals surface area (Å²) in [7, 11) is -1.70. The van der Waals surface area contributed by atoms with Gasteiger partial charge in [-0.05, 0) is 73.5 Å². The van der Waals surface area contributed by atoms with Crippen molar-refractivity contribution < 1.29 is 4.43 Å². The smallest absolute Gasteiger partial charge is 0.192 e. The third kappa shape index (κ3) is 6.96. The van der Waals surface area contributed by atoms with Crippen LogP contribution in [0, 0.1) is 11.8 Å². The molecule has 0 aliphatic heterocycles. The van der Waals surface area contributed by atoms with E-state index in [2.05, 4.69) is 100 Å². The van der Waals surface area contributed by atoms with E-state index < -0.39 is 8.32 Å². The maximum Gasteiger partial charge on any atom is 0.192 e. The zero-order chi connectivity index (χ0) is 22.3. The van der Waals surface area contributed by atoms with E-state index in [0.29, 0.717) is 6.10 Å². The predicted octanol–water partition coefficient (Wildman–Crippen LogP) is 8.38. The second kappa shape index (κ2) is 10.5. The van der Waals surface area contributed by atoms with Crippen molar-refractivity contribution in [3.8, 4) is 23.0 Å². The van der Waals surface area contributed by atoms with Crippen molar-refractivity contribution >= 4 is 8.32 Å². The highest BCUT2D eigenvalue weighted by molar-refractivity contribution is 6.74. The SMILES string of the molecule is CC(C)(C)[Si](C)(C)OC1C=C(CCCC#Cc2ccc(-c3ccccc3)cc2)CCC1. The summed E-state index contributed by atoms with van der Waals surface area (Å²) < 4.78 is 6.63. The zero-order valence-corrected chi connectivity index (χ0v) is 21.0. The van der Waals surface area contributed by atoms with E-state index in [-0.39, 0.29) is 5.04 Å². The Morgan fingerprint density at radius 3 is 2.32 bits per heavy atom. The molecule has 0 radical (unpaired) electrons. The van der Waals surface area contributed by atoms with Gasteiger partial charge in [-0.2, -0.15) is 0 Å². The summed E-state index contributed by atoms with van der Waals surface area (Å²) in [5.41, 5.74) is 5.16. The summed E-state index contributed by atoms with van der Waals surface area (Å²) in [6.45, 7) is 11.7. The van der Waals surface area contributed by atoms with Crippen LogP contribution in [0.2, 0.25) is 18.1 Å². The van der Waals surface area contributed by atoms with Crippen molar-refractivity contribution in [2.75, 3.05) is 0 Å². The van der Waals surface area contributed by atoms with Crippen molar-refractivity contribution in [1.29, 1.82) is 0 Å². The standard InChI is InChI=1S/C29H38OSi/c1-29(2,3)31(4,5)30-28-18-12-15-25(23-28)14-9-6-8-13-24-19-21-27(22-20-24)26-16-10-7-11-17-26/h7,10-11,16-17,19-23,28H,6,9,12,14-15,18H2,1-5H3. The van der Waals surface area contributed by atoms with E-state index in [9.17, 15) is 0 Å². The molecule has 3 rings (SSSR count).